The van der Waals surface area contributed by atoms with Crippen LogP contribution in [-0.4, -0.2) is 19.7 Å². The minimum Gasteiger partial charge on any atom is -0.391 e. The SMILES string of the molecule is Nc1c(CO)cnc2ccnn12. The van der Waals surface area contributed by atoms with Gasteiger partial charge in [0.2, 0.25) is 0 Å². The van der Waals surface area contributed by atoms with Crippen molar-refractivity contribution in [1.29, 1.82) is 0 Å². The van der Waals surface area contributed by atoms with Gasteiger partial charge in [-0.15, -0.1) is 0 Å². The highest BCUT2D eigenvalue weighted by molar-refractivity contribution is 5.48. The van der Waals surface area contributed by atoms with Crippen LogP contribution in [0.3, 0.4) is 0 Å². The summed E-state index contributed by atoms with van der Waals surface area (Å²) >= 11 is 0. The molecule has 0 radical (unpaired) electrons. The van der Waals surface area contributed by atoms with E-state index in [1.54, 1.807) is 18.5 Å². The zero-order valence-electron chi connectivity index (χ0n) is 6.31. The normalized spacial score (nSPS) is 10.8. The molecule has 5 heteroatoms. The molecule has 2 rings (SSSR count). The van der Waals surface area contributed by atoms with Crippen molar-refractivity contribution in [2.24, 2.45) is 0 Å². The smallest absolute Gasteiger partial charge is 0.157 e. The van der Waals surface area contributed by atoms with Gasteiger partial charge in [0.1, 0.15) is 5.82 Å². The van der Waals surface area contributed by atoms with Crippen LogP contribution >= 0.6 is 0 Å². The molecule has 0 aromatic carbocycles. The van der Waals surface area contributed by atoms with E-state index < -0.39 is 0 Å². The Morgan fingerprint density at radius 2 is 2.42 bits per heavy atom. The summed E-state index contributed by atoms with van der Waals surface area (Å²) in [5.74, 6) is 0.438. The van der Waals surface area contributed by atoms with Crippen molar-refractivity contribution in [3.05, 3.63) is 24.0 Å². The number of anilines is 1. The molecule has 0 unspecified atom stereocenters. The molecule has 3 N–H and O–H groups in total. The monoisotopic (exact) mass is 164 g/mol. The summed E-state index contributed by atoms with van der Waals surface area (Å²) < 4.78 is 1.49. The molecule has 0 atom stereocenters. The third-order valence-corrected chi connectivity index (χ3v) is 1.70. The standard InChI is InChI=1S/C7H8N4O/c8-7-5(4-12)3-9-6-1-2-10-11(6)7/h1-3,12H,4,8H2. The van der Waals surface area contributed by atoms with E-state index in [-0.39, 0.29) is 6.61 Å². The lowest BCUT2D eigenvalue weighted by molar-refractivity contribution is 0.281. The van der Waals surface area contributed by atoms with E-state index in [9.17, 15) is 0 Å². The predicted molar refractivity (Wildman–Crippen MR) is 43.3 cm³/mol. The Kier molecular flexibility index (Phi) is 1.44. The van der Waals surface area contributed by atoms with Gasteiger partial charge < -0.3 is 10.8 Å². The van der Waals surface area contributed by atoms with Crippen molar-refractivity contribution in [3.8, 4) is 0 Å². The Labute approximate surface area is 68.5 Å². The van der Waals surface area contributed by atoms with E-state index in [0.717, 1.165) is 0 Å². The summed E-state index contributed by atoms with van der Waals surface area (Å²) in [5, 5.41) is 12.8. The number of nitrogen functional groups attached to an aromatic ring is 1. The van der Waals surface area contributed by atoms with Gasteiger partial charge in [0, 0.05) is 17.8 Å². The minimum absolute atomic E-state index is 0.116. The summed E-state index contributed by atoms with van der Waals surface area (Å²) in [5.41, 5.74) is 6.95. The maximum Gasteiger partial charge on any atom is 0.157 e. The van der Waals surface area contributed by atoms with Gasteiger partial charge in [0.15, 0.2) is 5.65 Å². The van der Waals surface area contributed by atoms with Gasteiger partial charge in [-0.3, -0.25) is 0 Å². The van der Waals surface area contributed by atoms with E-state index in [0.29, 0.717) is 17.0 Å². The maximum atomic E-state index is 8.85. The van der Waals surface area contributed by atoms with E-state index in [4.69, 9.17) is 10.8 Å². The number of aliphatic hydroxyl groups is 1. The first kappa shape index (κ1) is 7.05. The van der Waals surface area contributed by atoms with Crippen LogP contribution in [0, 0.1) is 0 Å². The van der Waals surface area contributed by atoms with E-state index in [2.05, 4.69) is 10.1 Å². The number of aliphatic hydroxyl groups excluding tert-OH is 1. The highest BCUT2D eigenvalue weighted by Gasteiger charge is 2.03. The Bertz CT molecular complexity index is 409. The highest BCUT2D eigenvalue weighted by atomic mass is 16.3. The van der Waals surface area contributed by atoms with Crippen LogP contribution < -0.4 is 5.73 Å². The predicted octanol–water partition coefficient (Wildman–Crippen LogP) is -0.196. The van der Waals surface area contributed by atoms with Crippen LogP contribution in [-0.2, 0) is 6.61 Å². The molecule has 0 aliphatic carbocycles. The van der Waals surface area contributed by atoms with E-state index in [1.165, 1.54) is 4.52 Å². The van der Waals surface area contributed by atoms with Crippen molar-refractivity contribution < 1.29 is 5.11 Å². The molecule has 2 heterocycles. The van der Waals surface area contributed by atoms with Crippen LogP contribution in [0.4, 0.5) is 5.82 Å². The second-order valence-corrected chi connectivity index (χ2v) is 2.43. The van der Waals surface area contributed by atoms with Gasteiger partial charge in [-0.2, -0.15) is 9.61 Å². The van der Waals surface area contributed by atoms with Crippen LogP contribution in [0.25, 0.3) is 5.65 Å². The second kappa shape index (κ2) is 2.46. The van der Waals surface area contributed by atoms with Crippen molar-refractivity contribution in [2.45, 2.75) is 6.61 Å². The highest BCUT2D eigenvalue weighted by Crippen LogP contribution is 2.11. The molecular formula is C7H8N4O. The lowest BCUT2D eigenvalue weighted by Crippen LogP contribution is -2.04. The lowest BCUT2D eigenvalue weighted by Gasteiger charge is -2.02. The summed E-state index contributed by atoms with van der Waals surface area (Å²) in [6.45, 7) is -0.116. The van der Waals surface area contributed by atoms with Gasteiger partial charge in [-0.1, -0.05) is 0 Å². The molecule has 0 amide bonds. The zero-order valence-corrected chi connectivity index (χ0v) is 6.31. The van der Waals surface area contributed by atoms with Crippen molar-refractivity contribution in [3.63, 3.8) is 0 Å². The van der Waals surface area contributed by atoms with Crippen molar-refractivity contribution >= 4 is 11.5 Å². The molecule has 0 saturated carbocycles. The summed E-state index contributed by atoms with van der Waals surface area (Å²) in [4.78, 5) is 4.03. The third-order valence-electron chi connectivity index (χ3n) is 1.70. The molecule has 62 valence electrons. The third kappa shape index (κ3) is 0.835. The molecule has 0 spiro atoms. The molecule has 0 saturated heterocycles. The number of nitrogens with zero attached hydrogens (tertiary/aromatic N) is 3. The van der Waals surface area contributed by atoms with Crippen molar-refractivity contribution in [1.82, 2.24) is 14.6 Å². The average Bonchev–Trinajstić information content (AvgIpc) is 2.53. The van der Waals surface area contributed by atoms with Gasteiger partial charge in [-0.05, 0) is 0 Å². The Morgan fingerprint density at radius 3 is 3.17 bits per heavy atom. The summed E-state index contributed by atoms with van der Waals surface area (Å²) in [7, 11) is 0. The molecule has 12 heavy (non-hydrogen) atoms. The summed E-state index contributed by atoms with van der Waals surface area (Å²) in [6.07, 6.45) is 3.16. The fraction of sp³-hybridized carbons (Fsp3) is 0.143. The fourth-order valence-corrected chi connectivity index (χ4v) is 1.05. The molecule has 5 nitrogen and oxygen atoms in total. The topological polar surface area (TPSA) is 76.4 Å². The Balaban J connectivity index is 2.78. The molecular weight excluding hydrogens is 156 g/mol. The van der Waals surface area contributed by atoms with Crippen LogP contribution in [0.2, 0.25) is 0 Å². The number of rotatable bonds is 1. The minimum atomic E-state index is -0.116. The lowest BCUT2D eigenvalue weighted by atomic mass is 10.3. The maximum absolute atomic E-state index is 8.85. The zero-order chi connectivity index (χ0) is 8.55. The first-order valence-corrected chi connectivity index (χ1v) is 3.51. The van der Waals surface area contributed by atoms with Crippen LogP contribution in [0.1, 0.15) is 5.56 Å². The largest absolute Gasteiger partial charge is 0.391 e. The van der Waals surface area contributed by atoms with Crippen LogP contribution in [0.5, 0.6) is 0 Å². The van der Waals surface area contributed by atoms with Gasteiger partial charge in [0.25, 0.3) is 0 Å². The van der Waals surface area contributed by atoms with Crippen LogP contribution in [0.15, 0.2) is 18.5 Å². The number of fused-ring (bicyclic) bond motifs is 1. The number of aromatic nitrogens is 3. The first-order chi connectivity index (χ1) is 5.83. The number of hydrogen-bond acceptors (Lipinski definition) is 4. The quantitative estimate of drug-likeness (QED) is 0.612. The second-order valence-electron chi connectivity index (χ2n) is 2.43. The summed E-state index contributed by atoms with van der Waals surface area (Å²) in [6, 6.07) is 1.75. The molecule has 2 aromatic heterocycles. The fourth-order valence-electron chi connectivity index (χ4n) is 1.05. The van der Waals surface area contributed by atoms with E-state index >= 15 is 0 Å². The van der Waals surface area contributed by atoms with Gasteiger partial charge in [-0.25, -0.2) is 4.98 Å². The van der Waals surface area contributed by atoms with Gasteiger partial charge in [0.05, 0.1) is 12.8 Å². The first-order valence-electron chi connectivity index (χ1n) is 3.51. The molecule has 0 aliphatic rings. The molecule has 0 aliphatic heterocycles. The molecule has 2 aromatic rings. The Hall–Kier alpha value is -1.62. The molecule has 0 fully saturated rings. The number of nitrogens with two attached hydrogens (primary N) is 1. The Morgan fingerprint density at radius 1 is 1.58 bits per heavy atom. The molecule has 0 bridgehead atoms. The van der Waals surface area contributed by atoms with E-state index in [1.807, 2.05) is 0 Å². The average molecular weight is 164 g/mol. The number of hydrogen-bond donors (Lipinski definition) is 2. The van der Waals surface area contributed by atoms with Crippen molar-refractivity contribution in [2.75, 3.05) is 5.73 Å². The van der Waals surface area contributed by atoms with Gasteiger partial charge >= 0.3 is 0 Å².